The number of likely N-dealkylation sites (N-methyl/N-ethyl adjacent to an activating group) is 1. The predicted molar refractivity (Wildman–Crippen MR) is 314 cm³/mol. The van der Waals surface area contributed by atoms with Crippen molar-refractivity contribution in [2.75, 3.05) is 40.9 Å². The molecule has 0 aliphatic carbocycles. The van der Waals surface area contributed by atoms with Gasteiger partial charge in [-0.1, -0.05) is 221 Å². The van der Waals surface area contributed by atoms with Gasteiger partial charge in [0.25, 0.3) is 0 Å². The Hall–Kier alpha value is -3.07. The van der Waals surface area contributed by atoms with Gasteiger partial charge in [0.2, 0.25) is 5.91 Å². The molecule has 0 fully saturated rings. The van der Waals surface area contributed by atoms with Gasteiger partial charge in [0.05, 0.1) is 33.8 Å². The van der Waals surface area contributed by atoms with Crippen molar-refractivity contribution in [2.45, 2.75) is 251 Å². The highest BCUT2D eigenvalue weighted by molar-refractivity contribution is 7.47. The monoisotopic (exact) mass is 1040 g/mol. The molecule has 3 atom stereocenters. The third-order valence-electron chi connectivity index (χ3n) is 12.5. The first-order valence-corrected chi connectivity index (χ1v) is 31.1. The molecule has 1 amide bonds. The highest BCUT2D eigenvalue weighted by Gasteiger charge is 2.30. The fourth-order valence-electron chi connectivity index (χ4n) is 7.95. The van der Waals surface area contributed by atoms with Crippen LogP contribution in [0.25, 0.3) is 0 Å². The number of ether oxygens (including phenoxy) is 1. The summed E-state index contributed by atoms with van der Waals surface area (Å²) in [6, 6.07) is -0.878. The Bertz CT molecular complexity index is 1570. The molecule has 0 radical (unpaired) electrons. The molecular formula is C63H112N2O7P+. The molecule has 0 bridgehead atoms. The van der Waals surface area contributed by atoms with Gasteiger partial charge in [-0.3, -0.25) is 18.6 Å². The fourth-order valence-corrected chi connectivity index (χ4v) is 8.68. The first-order chi connectivity index (χ1) is 35.4. The van der Waals surface area contributed by atoms with Crippen LogP contribution in [0.15, 0.2) is 97.2 Å². The molecule has 0 aromatic carbocycles. The third kappa shape index (κ3) is 53.6. The zero-order valence-corrected chi connectivity index (χ0v) is 48.7. The molecular weight excluding hydrogens is 928 g/mol. The lowest BCUT2D eigenvalue weighted by atomic mass is 10.0. The Morgan fingerprint density at radius 3 is 1.37 bits per heavy atom. The van der Waals surface area contributed by atoms with Crippen LogP contribution >= 0.6 is 7.82 Å². The van der Waals surface area contributed by atoms with Crippen LogP contribution in [0.4, 0.5) is 0 Å². The Kier molecular flexibility index (Phi) is 50.2. The van der Waals surface area contributed by atoms with Gasteiger partial charge in [0.1, 0.15) is 19.3 Å². The van der Waals surface area contributed by atoms with Gasteiger partial charge >= 0.3 is 13.8 Å². The first kappa shape index (κ1) is 69.9. The third-order valence-corrected chi connectivity index (χ3v) is 13.5. The molecule has 0 spiro atoms. The molecule has 420 valence electrons. The van der Waals surface area contributed by atoms with Crippen LogP contribution in [0, 0.1) is 0 Å². The van der Waals surface area contributed by atoms with Gasteiger partial charge in [-0.2, -0.15) is 0 Å². The molecule has 9 nitrogen and oxygen atoms in total. The SMILES string of the molecule is CC/C=C\C/C=C\C/C=C\C/C=C\C/C=C\CCCC(=O)OC(/C=C/CCCCCCCCCCC)C(COP(=O)(O)OCC[N+](C)(C)C)NC(=O)CCCCCCCCCCC/C=C\C/C=C\CCCCC. The van der Waals surface area contributed by atoms with E-state index in [0.29, 0.717) is 23.9 Å². The van der Waals surface area contributed by atoms with Crippen molar-refractivity contribution >= 4 is 19.7 Å². The average Bonchev–Trinajstić information content (AvgIpc) is 3.35. The van der Waals surface area contributed by atoms with Crippen molar-refractivity contribution in [2.24, 2.45) is 0 Å². The number of nitrogens with zero attached hydrogens (tertiary/aromatic N) is 1. The van der Waals surface area contributed by atoms with E-state index in [2.05, 4.69) is 111 Å². The van der Waals surface area contributed by atoms with Crippen molar-refractivity contribution in [1.29, 1.82) is 0 Å². The van der Waals surface area contributed by atoms with Gasteiger partial charge in [0.15, 0.2) is 0 Å². The molecule has 73 heavy (non-hydrogen) atoms. The molecule has 0 heterocycles. The lowest BCUT2D eigenvalue weighted by Gasteiger charge is -2.27. The number of hydrogen-bond acceptors (Lipinski definition) is 6. The Morgan fingerprint density at radius 2 is 0.890 bits per heavy atom. The Morgan fingerprint density at radius 1 is 0.493 bits per heavy atom. The topological polar surface area (TPSA) is 111 Å². The zero-order chi connectivity index (χ0) is 53.6. The number of esters is 1. The molecule has 0 saturated carbocycles. The highest BCUT2D eigenvalue weighted by Crippen LogP contribution is 2.43. The second kappa shape index (κ2) is 52.4. The van der Waals surface area contributed by atoms with Crippen LogP contribution < -0.4 is 5.32 Å². The van der Waals surface area contributed by atoms with Crippen molar-refractivity contribution in [3.05, 3.63) is 97.2 Å². The van der Waals surface area contributed by atoms with Crippen LogP contribution in [0.1, 0.15) is 239 Å². The lowest BCUT2D eigenvalue weighted by Crippen LogP contribution is -2.47. The molecule has 0 aliphatic heterocycles. The van der Waals surface area contributed by atoms with Crippen molar-refractivity contribution < 1.29 is 37.3 Å². The fraction of sp³-hybridized carbons (Fsp3) is 0.714. The Balaban J connectivity index is 5.37. The van der Waals surface area contributed by atoms with Crippen LogP contribution in [0.2, 0.25) is 0 Å². The number of phosphoric acid groups is 1. The highest BCUT2D eigenvalue weighted by atomic mass is 31.2. The molecule has 2 N–H and O–H groups in total. The summed E-state index contributed by atoms with van der Waals surface area (Å²) in [5.74, 6) is -0.583. The molecule has 0 aliphatic rings. The van der Waals surface area contributed by atoms with Gasteiger partial charge in [-0.25, -0.2) is 4.57 Å². The van der Waals surface area contributed by atoms with E-state index in [1.807, 2.05) is 33.3 Å². The van der Waals surface area contributed by atoms with Crippen molar-refractivity contribution in [1.82, 2.24) is 5.32 Å². The van der Waals surface area contributed by atoms with E-state index < -0.39 is 20.0 Å². The molecule has 0 rings (SSSR count). The second-order valence-corrected chi connectivity index (χ2v) is 22.2. The molecule has 3 unspecified atom stereocenters. The molecule has 0 saturated heterocycles. The van der Waals surface area contributed by atoms with E-state index in [0.717, 1.165) is 96.3 Å². The summed E-state index contributed by atoms with van der Waals surface area (Å²) in [6.45, 7) is 6.81. The number of carbonyl (C=O) groups is 2. The summed E-state index contributed by atoms with van der Waals surface area (Å²) in [4.78, 5) is 37.6. The number of hydrogen-bond donors (Lipinski definition) is 2. The van der Waals surface area contributed by atoms with E-state index in [1.165, 1.54) is 103 Å². The maximum atomic E-state index is 13.5. The summed E-state index contributed by atoms with van der Waals surface area (Å²) in [5, 5.41) is 3.03. The van der Waals surface area contributed by atoms with E-state index >= 15 is 0 Å². The summed E-state index contributed by atoms with van der Waals surface area (Å²) in [6.07, 6.45) is 69.8. The summed E-state index contributed by atoms with van der Waals surface area (Å²) < 4.78 is 30.6. The standard InChI is InChI=1S/C63H111N2O7P/c1-7-10-13-16-19-22-25-27-29-31-32-34-35-37-40-43-46-49-52-55-62(66)64-60(59-71-73(68,69)70-58-57-65(4,5)6)61(54-51-48-45-42-39-24-21-18-15-12-9-3)72-63(67)56-53-50-47-44-41-38-36-33-30-28-26-23-20-17-14-11-8-2/h11,14,19-20,22-23,27-30,36,38,44,47,51,54,60-61H,7-10,12-13,15-18,21,24-26,31-35,37,39-43,45-46,48-50,52-53,55-59H2,1-6H3,(H-,64,66,68,69)/p+1/b14-11-,22-19-,23-20-,29-27-,30-28-,38-36-,47-44-,54-51+. The van der Waals surface area contributed by atoms with E-state index in [4.69, 9.17) is 13.8 Å². The number of nitrogens with one attached hydrogen (secondary N) is 1. The number of quaternary nitrogens is 1. The largest absolute Gasteiger partial charge is 0.472 e. The van der Waals surface area contributed by atoms with Crippen LogP contribution in [0.3, 0.4) is 0 Å². The minimum absolute atomic E-state index is 0.0262. The summed E-state index contributed by atoms with van der Waals surface area (Å²) in [7, 11) is 1.45. The second-order valence-electron chi connectivity index (χ2n) is 20.8. The van der Waals surface area contributed by atoms with Crippen LogP contribution in [-0.2, 0) is 27.9 Å². The lowest BCUT2D eigenvalue weighted by molar-refractivity contribution is -0.870. The number of rotatable bonds is 52. The number of allylic oxidation sites excluding steroid dienone is 15. The van der Waals surface area contributed by atoms with Crippen molar-refractivity contribution in [3.8, 4) is 0 Å². The number of amides is 1. The molecule has 0 aromatic rings. The molecule has 10 heteroatoms. The average molecular weight is 1040 g/mol. The van der Waals surface area contributed by atoms with Gasteiger partial charge < -0.3 is 19.4 Å². The number of phosphoric ester groups is 1. The van der Waals surface area contributed by atoms with Crippen LogP contribution in [-0.4, -0.2) is 74.3 Å². The van der Waals surface area contributed by atoms with E-state index in [-0.39, 0.29) is 31.5 Å². The number of carbonyl (C=O) groups excluding carboxylic acids is 2. The van der Waals surface area contributed by atoms with Gasteiger partial charge in [-0.15, -0.1) is 0 Å². The van der Waals surface area contributed by atoms with Crippen LogP contribution in [0.5, 0.6) is 0 Å². The minimum atomic E-state index is -4.46. The van der Waals surface area contributed by atoms with E-state index in [1.54, 1.807) is 0 Å². The van der Waals surface area contributed by atoms with E-state index in [9.17, 15) is 19.0 Å². The summed E-state index contributed by atoms with van der Waals surface area (Å²) in [5.41, 5.74) is 0. The summed E-state index contributed by atoms with van der Waals surface area (Å²) >= 11 is 0. The van der Waals surface area contributed by atoms with Gasteiger partial charge in [-0.05, 0) is 102 Å². The normalized spacial score (nSPS) is 14.5. The van der Waals surface area contributed by atoms with Crippen molar-refractivity contribution in [3.63, 3.8) is 0 Å². The van der Waals surface area contributed by atoms with Gasteiger partial charge in [0, 0.05) is 12.8 Å². The minimum Gasteiger partial charge on any atom is -0.456 e. The smallest absolute Gasteiger partial charge is 0.456 e. The molecule has 0 aromatic heterocycles. The maximum Gasteiger partial charge on any atom is 0.472 e. The number of unbranched alkanes of at least 4 members (excludes halogenated alkanes) is 22. The quantitative estimate of drug-likeness (QED) is 0.0205. The Labute approximate surface area is 449 Å². The maximum absolute atomic E-state index is 13.5. The predicted octanol–water partition coefficient (Wildman–Crippen LogP) is 18.0. The first-order valence-electron chi connectivity index (χ1n) is 29.6. The zero-order valence-electron chi connectivity index (χ0n) is 47.8.